The summed E-state index contributed by atoms with van der Waals surface area (Å²) in [6, 6.07) is 10.8. The lowest BCUT2D eigenvalue weighted by molar-refractivity contribution is -0.113. The van der Waals surface area contributed by atoms with Gasteiger partial charge in [-0.1, -0.05) is 12.1 Å². The minimum Gasteiger partial charge on any atom is -0.504 e. The van der Waals surface area contributed by atoms with Crippen LogP contribution in [-0.4, -0.2) is 38.6 Å². The van der Waals surface area contributed by atoms with Crippen molar-refractivity contribution >= 4 is 23.5 Å². The summed E-state index contributed by atoms with van der Waals surface area (Å²) in [5, 5.41) is 17.6. The van der Waals surface area contributed by atoms with Gasteiger partial charge in [-0.2, -0.15) is 9.78 Å². The Morgan fingerprint density at radius 3 is 2.89 bits per heavy atom. The third-order valence-electron chi connectivity index (χ3n) is 4.38. The minimum atomic E-state index is -0.159. The van der Waals surface area contributed by atoms with Gasteiger partial charge in [-0.15, -0.1) is 11.8 Å². The molecule has 0 fully saturated rings. The summed E-state index contributed by atoms with van der Waals surface area (Å²) in [6.45, 7) is 1.91. The molecule has 3 heterocycles. The average molecular weight is 382 g/mol. The molecule has 8 heteroatoms. The van der Waals surface area contributed by atoms with Gasteiger partial charge in [0.25, 0.3) is 0 Å². The summed E-state index contributed by atoms with van der Waals surface area (Å²) in [5.41, 5.74) is 2.58. The van der Waals surface area contributed by atoms with Gasteiger partial charge in [-0.3, -0.25) is 4.79 Å². The van der Waals surface area contributed by atoms with Crippen molar-refractivity contribution in [2.75, 3.05) is 18.2 Å². The zero-order valence-corrected chi connectivity index (χ0v) is 15.7. The van der Waals surface area contributed by atoms with Gasteiger partial charge < -0.3 is 15.2 Å². The highest BCUT2D eigenvalue weighted by Gasteiger charge is 2.31. The van der Waals surface area contributed by atoms with Gasteiger partial charge in [0, 0.05) is 11.8 Å². The summed E-state index contributed by atoms with van der Waals surface area (Å²) in [5.74, 6) is 1.92. The maximum atomic E-state index is 12.3. The van der Waals surface area contributed by atoms with Crippen molar-refractivity contribution in [2.45, 2.75) is 12.2 Å². The molecule has 0 radical (unpaired) electrons. The lowest BCUT2D eigenvalue weighted by Crippen LogP contribution is -2.16. The Kier molecular flexibility index (Phi) is 4.49. The van der Waals surface area contributed by atoms with Gasteiger partial charge >= 0.3 is 0 Å². The van der Waals surface area contributed by atoms with Crippen molar-refractivity contribution in [1.29, 1.82) is 0 Å². The van der Waals surface area contributed by atoms with Crippen LogP contribution in [0.3, 0.4) is 0 Å². The summed E-state index contributed by atoms with van der Waals surface area (Å²) >= 11 is 1.50. The Balaban J connectivity index is 1.87. The molecule has 0 saturated heterocycles. The van der Waals surface area contributed by atoms with Crippen LogP contribution >= 0.6 is 11.8 Å². The van der Waals surface area contributed by atoms with Crippen LogP contribution in [0.25, 0.3) is 5.82 Å². The Bertz CT molecular complexity index is 1000. The van der Waals surface area contributed by atoms with E-state index in [0.29, 0.717) is 23.1 Å². The van der Waals surface area contributed by atoms with E-state index in [4.69, 9.17) is 4.74 Å². The first-order valence-electron chi connectivity index (χ1n) is 8.37. The SMILES string of the molecule is COc1ccc([C@H]2SCC(=O)Nc3c2c(C)nn3-c2ccccn2)cc1O. The fourth-order valence-electron chi connectivity index (χ4n) is 3.16. The molecule has 0 bridgehead atoms. The number of carbonyl (C=O) groups is 1. The maximum absolute atomic E-state index is 12.3. The molecule has 0 aliphatic carbocycles. The van der Waals surface area contributed by atoms with E-state index in [1.165, 1.54) is 18.9 Å². The van der Waals surface area contributed by atoms with E-state index in [0.717, 1.165) is 16.8 Å². The second-order valence-electron chi connectivity index (χ2n) is 6.12. The molecular formula is C19H18N4O3S. The molecule has 4 rings (SSSR count). The number of aryl methyl sites for hydroxylation is 1. The van der Waals surface area contributed by atoms with Crippen LogP contribution in [0.5, 0.6) is 11.5 Å². The zero-order chi connectivity index (χ0) is 19.0. The minimum absolute atomic E-state index is 0.0652. The second-order valence-corrected chi connectivity index (χ2v) is 7.21. The number of fused-ring (bicyclic) bond motifs is 1. The predicted molar refractivity (Wildman–Crippen MR) is 104 cm³/mol. The normalized spacial score (nSPS) is 16.4. The molecule has 7 nitrogen and oxygen atoms in total. The average Bonchev–Trinajstić information content (AvgIpc) is 2.88. The summed E-state index contributed by atoms with van der Waals surface area (Å²) in [7, 11) is 1.51. The van der Waals surface area contributed by atoms with E-state index in [-0.39, 0.29) is 16.9 Å². The number of hydrogen-bond donors (Lipinski definition) is 2. The number of aromatic hydroxyl groups is 1. The quantitative estimate of drug-likeness (QED) is 0.724. The molecule has 138 valence electrons. The molecule has 1 atom stereocenters. The Morgan fingerprint density at radius 2 is 2.19 bits per heavy atom. The topological polar surface area (TPSA) is 89.3 Å². The summed E-state index contributed by atoms with van der Waals surface area (Å²) < 4.78 is 6.79. The highest BCUT2D eigenvalue weighted by atomic mass is 32.2. The Morgan fingerprint density at radius 1 is 1.33 bits per heavy atom. The van der Waals surface area contributed by atoms with E-state index < -0.39 is 0 Å². The lowest BCUT2D eigenvalue weighted by atomic mass is 10.0. The molecule has 0 spiro atoms. The first kappa shape index (κ1) is 17.4. The number of aromatic nitrogens is 3. The van der Waals surface area contributed by atoms with E-state index in [2.05, 4.69) is 15.4 Å². The number of methoxy groups -OCH3 is 1. The third-order valence-corrected chi connectivity index (χ3v) is 5.65. The van der Waals surface area contributed by atoms with E-state index in [9.17, 15) is 9.90 Å². The van der Waals surface area contributed by atoms with Gasteiger partial charge in [-0.05, 0) is 36.8 Å². The number of rotatable bonds is 3. The first-order valence-corrected chi connectivity index (χ1v) is 9.42. The van der Waals surface area contributed by atoms with Crippen LogP contribution in [0.2, 0.25) is 0 Å². The summed E-state index contributed by atoms with van der Waals surface area (Å²) in [4.78, 5) is 16.7. The third kappa shape index (κ3) is 3.12. The molecule has 0 saturated carbocycles. The van der Waals surface area contributed by atoms with E-state index in [1.807, 2.05) is 31.2 Å². The van der Waals surface area contributed by atoms with Gasteiger partial charge in [0.05, 0.1) is 23.8 Å². The molecule has 3 aromatic rings. The maximum Gasteiger partial charge on any atom is 0.235 e. The van der Waals surface area contributed by atoms with Crippen molar-refractivity contribution in [3.63, 3.8) is 0 Å². The number of nitrogens with zero attached hydrogens (tertiary/aromatic N) is 3. The van der Waals surface area contributed by atoms with Gasteiger partial charge in [-0.25, -0.2) is 4.98 Å². The Hall–Kier alpha value is -3.00. The standard InChI is InChI=1S/C19H18N4O3S/c1-11-17-18(12-6-7-14(26-2)13(24)9-12)27-10-16(25)21-19(17)23(22-11)15-5-3-4-8-20-15/h3-9,18,24H,10H2,1-2H3,(H,21,25)/t18-/m1/s1. The number of pyridine rings is 1. The zero-order valence-electron chi connectivity index (χ0n) is 14.8. The van der Waals surface area contributed by atoms with Crippen molar-refractivity contribution in [1.82, 2.24) is 14.8 Å². The molecule has 2 N–H and O–H groups in total. The molecule has 1 aliphatic rings. The fourth-order valence-corrected chi connectivity index (χ4v) is 4.34. The monoisotopic (exact) mass is 382 g/mol. The van der Waals surface area contributed by atoms with Crippen LogP contribution in [0.15, 0.2) is 42.6 Å². The number of hydrogen-bond acceptors (Lipinski definition) is 6. The number of nitrogens with one attached hydrogen (secondary N) is 1. The molecule has 27 heavy (non-hydrogen) atoms. The highest BCUT2D eigenvalue weighted by molar-refractivity contribution is 8.00. The van der Waals surface area contributed by atoms with Gasteiger partial charge in [0.2, 0.25) is 5.91 Å². The van der Waals surface area contributed by atoms with Crippen LogP contribution < -0.4 is 10.1 Å². The van der Waals surface area contributed by atoms with Gasteiger partial charge in [0.1, 0.15) is 5.82 Å². The van der Waals surface area contributed by atoms with Crippen molar-refractivity contribution in [3.8, 4) is 17.3 Å². The van der Waals surface area contributed by atoms with Crippen LogP contribution in [0.4, 0.5) is 5.82 Å². The number of amides is 1. The van der Waals surface area contributed by atoms with Crippen molar-refractivity contribution in [3.05, 3.63) is 59.4 Å². The molecule has 0 unspecified atom stereocenters. The molecule has 2 aromatic heterocycles. The molecule has 1 aromatic carbocycles. The fraction of sp³-hybridized carbons (Fsp3) is 0.211. The smallest absolute Gasteiger partial charge is 0.235 e. The number of benzene rings is 1. The molecule has 1 aliphatic heterocycles. The van der Waals surface area contributed by atoms with Gasteiger partial charge in [0.15, 0.2) is 17.3 Å². The second kappa shape index (κ2) is 6.96. The first-order chi connectivity index (χ1) is 13.1. The number of phenols is 1. The number of phenolic OH excluding ortho intramolecular Hbond substituents is 1. The number of thioether (sulfide) groups is 1. The highest BCUT2D eigenvalue weighted by Crippen LogP contribution is 2.45. The van der Waals surface area contributed by atoms with Crippen molar-refractivity contribution < 1.29 is 14.6 Å². The number of ether oxygens (including phenoxy) is 1. The van der Waals surface area contributed by atoms with Crippen LogP contribution in [0.1, 0.15) is 22.1 Å². The lowest BCUT2D eigenvalue weighted by Gasteiger charge is -2.16. The predicted octanol–water partition coefficient (Wildman–Crippen LogP) is 3.06. The van der Waals surface area contributed by atoms with Crippen LogP contribution in [0, 0.1) is 6.92 Å². The van der Waals surface area contributed by atoms with E-state index >= 15 is 0 Å². The Labute approximate surface area is 160 Å². The number of anilines is 1. The van der Waals surface area contributed by atoms with E-state index in [1.54, 1.807) is 23.0 Å². The van der Waals surface area contributed by atoms with Crippen LogP contribution in [-0.2, 0) is 4.79 Å². The largest absolute Gasteiger partial charge is 0.504 e. The molecule has 1 amide bonds. The molecular weight excluding hydrogens is 364 g/mol. The summed E-state index contributed by atoms with van der Waals surface area (Å²) in [6.07, 6.45) is 1.69. The van der Waals surface area contributed by atoms with Crippen molar-refractivity contribution in [2.24, 2.45) is 0 Å². The number of carbonyl (C=O) groups excluding carboxylic acids is 1.